The summed E-state index contributed by atoms with van der Waals surface area (Å²) in [5.74, 6) is -7.25. The Labute approximate surface area is 195 Å². The Morgan fingerprint density at radius 3 is 2.29 bits per heavy atom. The third-order valence-electron chi connectivity index (χ3n) is 5.39. The molecule has 0 radical (unpaired) electrons. The van der Waals surface area contributed by atoms with Gasteiger partial charge in [0.2, 0.25) is 0 Å². The van der Waals surface area contributed by atoms with Gasteiger partial charge in [-0.2, -0.15) is 0 Å². The number of benzene rings is 2. The molecule has 9 nitrogen and oxygen atoms in total. The highest BCUT2D eigenvalue weighted by molar-refractivity contribution is 6.01. The first-order valence-electron chi connectivity index (χ1n) is 10.4. The maximum Gasteiger partial charge on any atom is 0.320 e. The number of nitrogens with one attached hydrogen (secondary N) is 2. The average Bonchev–Trinajstić information content (AvgIpc) is 3.28. The Balaban J connectivity index is 1.36. The van der Waals surface area contributed by atoms with Gasteiger partial charge in [0.15, 0.2) is 11.6 Å². The molecule has 4 rings (SSSR count). The van der Waals surface area contributed by atoms with E-state index < -0.39 is 58.7 Å². The lowest BCUT2D eigenvalue weighted by molar-refractivity contribution is -0.143. The van der Waals surface area contributed by atoms with Gasteiger partial charge in [0.25, 0.3) is 0 Å². The fourth-order valence-corrected chi connectivity index (χ4v) is 3.57. The molecule has 1 saturated carbocycles. The molecule has 1 aliphatic rings. The molecule has 0 aliphatic heterocycles. The van der Waals surface area contributed by atoms with Crippen molar-refractivity contribution in [2.24, 2.45) is 5.92 Å². The lowest BCUT2D eigenvalue weighted by atomic mass is 9.87. The summed E-state index contributed by atoms with van der Waals surface area (Å²) in [5, 5.41) is 20.4. The molecule has 0 unspecified atom stereocenters. The van der Waals surface area contributed by atoms with E-state index in [4.69, 9.17) is 14.3 Å². The molecule has 35 heavy (non-hydrogen) atoms. The molecule has 0 atom stereocenters. The summed E-state index contributed by atoms with van der Waals surface area (Å²) in [7, 11) is 0. The van der Waals surface area contributed by atoms with Crippen LogP contribution in [0.25, 0.3) is 0 Å². The third-order valence-corrected chi connectivity index (χ3v) is 5.39. The summed E-state index contributed by atoms with van der Waals surface area (Å²) in [4.78, 5) is 23.3. The number of carbonyl (C=O) groups excluding carboxylic acids is 1. The quantitative estimate of drug-likeness (QED) is 0.320. The number of aromatic nitrogens is 2. The number of amides is 1. The highest BCUT2D eigenvalue weighted by Gasteiger charge is 2.27. The number of halogens is 4. The zero-order valence-electron chi connectivity index (χ0n) is 17.9. The molecule has 184 valence electrons. The first-order valence-corrected chi connectivity index (χ1v) is 10.4. The highest BCUT2D eigenvalue weighted by Crippen LogP contribution is 2.29. The summed E-state index contributed by atoms with van der Waals surface area (Å²) in [6, 6.07) is 4.14. The molecule has 2 aromatic carbocycles. The SMILES string of the molecule is O=C(Nc1ccc(O[C@H]2CC[C@H](C(=O)O)CC2)cc1F)c1nnc(Nc2cc(F)c(F)cc2F)o1. The van der Waals surface area contributed by atoms with Crippen molar-refractivity contribution in [3.63, 3.8) is 0 Å². The number of hydrogen-bond donors (Lipinski definition) is 3. The van der Waals surface area contributed by atoms with Crippen LogP contribution in [-0.2, 0) is 4.79 Å². The van der Waals surface area contributed by atoms with Gasteiger partial charge in [0, 0.05) is 18.2 Å². The van der Waals surface area contributed by atoms with Crippen LogP contribution in [-0.4, -0.2) is 33.3 Å². The Morgan fingerprint density at radius 2 is 1.60 bits per heavy atom. The lowest BCUT2D eigenvalue weighted by Gasteiger charge is -2.26. The van der Waals surface area contributed by atoms with Crippen molar-refractivity contribution in [1.29, 1.82) is 0 Å². The van der Waals surface area contributed by atoms with Crippen molar-refractivity contribution < 1.29 is 41.4 Å². The van der Waals surface area contributed by atoms with Gasteiger partial charge in [0.1, 0.15) is 17.4 Å². The van der Waals surface area contributed by atoms with E-state index in [9.17, 15) is 27.2 Å². The maximum absolute atomic E-state index is 14.5. The van der Waals surface area contributed by atoms with E-state index in [1.807, 2.05) is 0 Å². The number of nitrogens with zero attached hydrogens (tertiary/aromatic N) is 2. The monoisotopic (exact) mass is 494 g/mol. The van der Waals surface area contributed by atoms with E-state index in [1.54, 1.807) is 0 Å². The van der Waals surface area contributed by atoms with Gasteiger partial charge in [-0.3, -0.25) is 9.59 Å². The molecule has 1 fully saturated rings. The van der Waals surface area contributed by atoms with Crippen molar-refractivity contribution >= 4 is 29.3 Å². The van der Waals surface area contributed by atoms with Crippen LogP contribution in [0.15, 0.2) is 34.7 Å². The number of carboxylic acids is 1. The normalized spacial score (nSPS) is 17.6. The molecule has 1 amide bonds. The number of carboxylic acid groups (broad SMARTS) is 1. The largest absolute Gasteiger partial charge is 0.490 e. The number of anilines is 3. The smallest absolute Gasteiger partial charge is 0.320 e. The number of hydrogen-bond acceptors (Lipinski definition) is 7. The van der Waals surface area contributed by atoms with Crippen molar-refractivity contribution in [3.05, 3.63) is 59.5 Å². The molecule has 1 aliphatic carbocycles. The molecule has 13 heteroatoms. The molecular weight excluding hydrogens is 476 g/mol. The van der Waals surface area contributed by atoms with Crippen molar-refractivity contribution in [1.82, 2.24) is 10.2 Å². The average molecular weight is 494 g/mol. The maximum atomic E-state index is 14.5. The molecule has 0 saturated heterocycles. The van der Waals surface area contributed by atoms with Gasteiger partial charge in [-0.05, 0) is 37.8 Å². The zero-order valence-corrected chi connectivity index (χ0v) is 17.9. The number of aliphatic carboxylic acids is 1. The molecule has 0 spiro atoms. The predicted molar refractivity (Wildman–Crippen MR) is 112 cm³/mol. The molecular formula is C22H18F4N4O5. The van der Waals surface area contributed by atoms with Gasteiger partial charge in [-0.15, -0.1) is 5.10 Å². The topological polar surface area (TPSA) is 127 Å². The van der Waals surface area contributed by atoms with E-state index in [1.165, 1.54) is 12.1 Å². The Kier molecular flexibility index (Phi) is 6.85. The van der Waals surface area contributed by atoms with Crippen LogP contribution in [0, 0.1) is 29.2 Å². The number of ether oxygens (including phenoxy) is 1. The van der Waals surface area contributed by atoms with E-state index in [2.05, 4.69) is 20.8 Å². The van der Waals surface area contributed by atoms with Gasteiger partial charge < -0.3 is 24.9 Å². The minimum absolute atomic E-state index is 0.212. The minimum atomic E-state index is -1.39. The van der Waals surface area contributed by atoms with E-state index in [0.29, 0.717) is 37.8 Å². The first-order chi connectivity index (χ1) is 16.7. The minimum Gasteiger partial charge on any atom is -0.490 e. The third kappa shape index (κ3) is 5.67. The Bertz CT molecular complexity index is 1260. The number of rotatable bonds is 7. The van der Waals surface area contributed by atoms with Gasteiger partial charge in [0.05, 0.1) is 23.4 Å². The van der Waals surface area contributed by atoms with Crippen LogP contribution in [0.2, 0.25) is 0 Å². The molecule has 1 heterocycles. The van der Waals surface area contributed by atoms with Crippen LogP contribution in [0.5, 0.6) is 5.75 Å². The molecule has 3 aromatic rings. The van der Waals surface area contributed by atoms with E-state index in [0.717, 1.165) is 6.07 Å². The van der Waals surface area contributed by atoms with Gasteiger partial charge >= 0.3 is 23.8 Å². The summed E-state index contributed by atoms with van der Waals surface area (Å²) >= 11 is 0. The second-order valence-corrected chi connectivity index (χ2v) is 7.81. The molecule has 1 aromatic heterocycles. The van der Waals surface area contributed by atoms with Crippen LogP contribution in [0.4, 0.5) is 35.0 Å². The fourth-order valence-electron chi connectivity index (χ4n) is 3.57. The molecule has 3 N–H and O–H groups in total. The van der Waals surface area contributed by atoms with Gasteiger partial charge in [-0.25, -0.2) is 17.6 Å². The Hall–Kier alpha value is -4.16. The summed E-state index contributed by atoms with van der Waals surface area (Å²) < 4.78 is 65.3. The highest BCUT2D eigenvalue weighted by atomic mass is 19.2. The van der Waals surface area contributed by atoms with E-state index in [-0.39, 0.29) is 17.5 Å². The molecule has 0 bridgehead atoms. The number of carbonyl (C=O) groups is 2. The van der Waals surface area contributed by atoms with Gasteiger partial charge in [-0.1, -0.05) is 5.10 Å². The fraction of sp³-hybridized carbons (Fsp3) is 0.273. The standard InChI is InChI=1S/C22H18F4N4O5/c23-13-8-16(26)18(9-14(13)24)28-22-30-29-20(35-22)19(31)27-17-6-5-12(7-15(17)25)34-11-3-1-10(2-4-11)21(32)33/h5-11H,1-4H2,(H,27,31)(H,28,30)(H,32,33)/t10-,11-. The predicted octanol–water partition coefficient (Wildman–Crippen LogP) is 4.64. The van der Waals surface area contributed by atoms with Crippen LogP contribution in [0.3, 0.4) is 0 Å². The lowest BCUT2D eigenvalue weighted by Crippen LogP contribution is -2.27. The van der Waals surface area contributed by atoms with Crippen molar-refractivity contribution in [2.45, 2.75) is 31.8 Å². The van der Waals surface area contributed by atoms with E-state index >= 15 is 0 Å². The van der Waals surface area contributed by atoms with Crippen LogP contribution in [0.1, 0.15) is 36.4 Å². The van der Waals surface area contributed by atoms with Crippen LogP contribution >= 0.6 is 0 Å². The second kappa shape index (κ2) is 9.99. The van der Waals surface area contributed by atoms with Crippen molar-refractivity contribution in [2.75, 3.05) is 10.6 Å². The zero-order chi connectivity index (χ0) is 25.1. The summed E-state index contributed by atoms with van der Waals surface area (Å²) in [6.07, 6.45) is 1.76. The second-order valence-electron chi connectivity index (χ2n) is 7.81. The summed E-state index contributed by atoms with van der Waals surface area (Å²) in [6.45, 7) is 0. The van der Waals surface area contributed by atoms with Crippen LogP contribution < -0.4 is 15.4 Å². The first kappa shape index (κ1) is 24.0. The Morgan fingerprint density at radius 1 is 0.914 bits per heavy atom. The summed E-state index contributed by atoms with van der Waals surface area (Å²) in [5.41, 5.74) is -0.714. The van der Waals surface area contributed by atoms with Crippen molar-refractivity contribution in [3.8, 4) is 5.75 Å².